The third kappa shape index (κ3) is 5.40. The van der Waals surface area contributed by atoms with Gasteiger partial charge in [-0.05, 0) is 35.9 Å². The first-order valence-electron chi connectivity index (χ1n) is 8.93. The molecule has 3 aromatic rings. The first-order valence-corrected chi connectivity index (χ1v) is 10.3. The van der Waals surface area contributed by atoms with Gasteiger partial charge in [-0.15, -0.1) is 16.8 Å². The Morgan fingerprint density at radius 3 is 2.69 bits per heavy atom. The minimum atomic E-state index is -0.189. The summed E-state index contributed by atoms with van der Waals surface area (Å²) in [6.45, 7) is 4.61. The average molecular weight is 429 g/mol. The van der Waals surface area contributed by atoms with Gasteiger partial charge < -0.3 is 14.6 Å². The van der Waals surface area contributed by atoms with Crippen LogP contribution in [0.4, 0.5) is 0 Å². The van der Waals surface area contributed by atoms with Gasteiger partial charge in [0.25, 0.3) is 5.91 Å². The van der Waals surface area contributed by atoms with Crippen LogP contribution in [-0.2, 0) is 18.8 Å². The molecule has 8 heteroatoms. The number of amides is 1. The maximum Gasteiger partial charge on any atom is 0.251 e. The van der Waals surface area contributed by atoms with E-state index >= 15 is 0 Å². The molecule has 0 saturated carbocycles. The Labute approximate surface area is 178 Å². The summed E-state index contributed by atoms with van der Waals surface area (Å²) in [4.78, 5) is 12.4. The van der Waals surface area contributed by atoms with Crippen molar-refractivity contribution < 1.29 is 9.53 Å². The van der Waals surface area contributed by atoms with Crippen molar-refractivity contribution in [3.05, 3.63) is 83.2 Å². The van der Waals surface area contributed by atoms with E-state index < -0.39 is 0 Å². The highest BCUT2D eigenvalue weighted by Crippen LogP contribution is 2.26. The van der Waals surface area contributed by atoms with Crippen LogP contribution in [0, 0.1) is 0 Å². The molecule has 3 rings (SSSR count). The Balaban J connectivity index is 1.66. The molecule has 1 N–H and O–H groups in total. The summed E-state index contributed by atoms with van der Waals surface area (Å²) in [7, 11) is 1.59. The molecule has 29 heavy (non-hydrogen) atoms. The number of allylic oxidation sites excluding steroid dienone is 1. The standard InChI is InChI=1S/C21H21ClN4O2S/c1-3-12-26-19(13-23-20(27)15-8-10-17(28-2)11-9-15)24-25-21(26)29-14-16-6-4-5-7-18(16)22/h3-11H,1,12-14H2,2H3,(H,23,27). The molecular formula is C21H21ClN4O2S. The van der Waals surface area contributed by atoms with Crippen molar-refractivity contribution in [1.82, 2.24) is 20.1 Å². The number of aromatic nitrogens is 3. The van der Waals surface area contributed by atoms with E-state index in [1.807, 2.05) is 28.8 Å². The summed E-state index contributed by atoms with van der Waals surface area (Å²) in [5.41, 5.74) is 1.58. The van der Waals surface area contributed by atoms with Crippen LogP contribution in [0.3, 0.4) is 0 Å². The zero-order valence-electron chi connectivity index (χ0n) is 16.0. The molecule has 0 saturated heterocycles. The molecule has 0 aliphatic carbocycles. The fraction of sp³-hybridized carbons (Fsp3) is 0.190. The highest BCUT2D eigenvalue weighted by atomic mass is 35.5. The SMILES string of the molecule is C=CCn1c(CNC(=O)c2ccc(OC)cc2)nnc1SCc1ccccc1Cl. The summed E-state index contributed by atoms with van der Waals surface area (Å²) < 4.78 is 7.05. The first kappa shape index (κ1) is 21.0. The lowest BCUT2D eigenvalue weighted by atomic mass is 10.2. The molecule has 1 amide bonds. The smallest absolute Gasteiger partial charge is 0.251 e. The number of thioether (sulfide) groups is 1. The Kier molecular flexibility index (Phi) is 7.32. The molecule has 6 nitrogen and oxygen atoms in total. The fourth-order valence-electron chi connectivity index (χ4n) is 2.63. The minimum absolute atomic E-state index is 0.189. The van der Waals surface area contributed by atoms with Crippen molar-refractivity contribution in [3.8, 4) is 5.75 Å². The number of ether oxygens (including phenoxy) is 1. The van der Waals surface area contributed by atoms with Gasteiger partial charge in [0.1, 0.15) is 5.75 Å². The monoisotopic (exact) mass is 428 g/mol. The summed E-state index contributed by atoms with van der Waals surface area (Å²) in [6.07, 6.45) is 1.78. The molecule has 0 bridgehead atoms. The van der Waals surface area contributed by atoms with E-state index in [0.717, 1.165) is 15.7 Å². The van der Waals surface area contributed by atoms with Crippen LogP contribution >= 0.6 is 23.4 Å². The highest BCUT2D eigenvalue weighted by molar-refractivity contribution is 7.98. The second-order valence-electron chi connectivity index (χ2n) is 6.09. The molecule has 0 aliphatic rings. The zero-order chi connectivity index (χ0) is 20.6. The Hall–Kier alpha value is -2.77. The molecule has 0 atom stereocenters. The van der Waals surface area contributed by atoms with Crippen molar-refractivity contribution >= 4 is 29.3 Å². The molecular weight excluding hydrogens is 408 g/mol. The fourth-order valence-corrected chi connectivity index (χ4v) is 3.88. The van der Waals surface area contributed by atoms with E-state index in [9.17, 15) is 4.79 Å². The molecule has 0 spiro atoms. The van der Waals surface area contributed by atoms with E-state index in [4.69, 9.17) is 16.3 Å². The first-order chi connectivity index (χ1) is 14.1. The number of carbonyl (C=O) groups excluding carboxylic acids is 1. The Morgan fingerprint density at radius 2 is 2.00 bits per heavy atom. The molecule has 0 aliphatic heterocycles. The number of hydrogen-bond donors (Lipinski definition) is 1. The van der Waals surface area contributed by atoms with Gasteiger partial charge in [0.2, 0.25) is 0 Å². The third-order valence-corrected chi connectivity index (χ3v) is 5.56. The van der Waals surface area contributed by atoms with Gasteiger partial charge in [-0.2, -0.15) is 0 Å². The largest absolute Gasteiger partial charge is 0.497 e. The molecule has 0 fully saturated rings. The number of hydrogen-bond acceptors (Lipinski definition) is 5. The topological polar surface area (TPSA) is 69.0 Å². The van der Waals surface area contributed by atoms with Crippen LogP contribution in [0.5, 0.6) is 5.75 Å². The van der Waals surface area contributed by atoms with Crippen LogP contribution in [0.2, 0.25) is 5.02 Å². The van der Waals surface area contributed by atoms with Crippen LogP contribution in [0.15, 0.2) is 66.3 Å². The van der Waals surface area contributed by atoms with Gasteiger partial charge in [0.05, 0.1) is 13.7 Å². The summed E-state index contributed by atoms with van der Waals surface area (Å²) in [5, 5.41) is 12.9. The number of benzene rings is 2. The number of nitrogens with zero attached hydrogens (tertiary/aromatic N) is 3. The van der Waals surface area contributed by atoms with Gasteiger partial charge in [-0.3, -0.25) is 4.79 Å². The average Bonchev–Trinajstić information content (AvgIpc) is 3.13. The molecule has 2 aromatic carbocycles. The number of rotatable bonds is 9. The maximum atomic E-state index is 12.4. The van der Waals surface area contributed by atoms with E-state index in [-0.39, 0.29) is 12.5 Å². The van der Waals surface area contributed by atoms with Crippen molar-refractivity contribution in [2.75, 3.05) is 7.11 Å². The van der Waals surface area contributed by atoms with Crippen molar-refractivity contribution in [2.45, 2.75) is 24.0 Å². The number of halogens is 1. The van der Waals surface area contributed by atoms with Gasteiger partial charge in [-0.1, -0.05) is 47.6 Å². The quantitative estimate of drug-likeness (QED) is 0.405. The van der Waals surface area contributed by atoms with Gasteiger partial charge in [-0.25, -0.2) is 0 Å². The minimum Gasteiger partial charge on any atom is -0.497 e. The van der Waals surface area contributed by atoms with E-state index in [2.05, 4.69) is 22.1 Å². The summed E-state index contributed by atoms with van der Waals surface area (Å²) in [6, 6.07) is 14.6. The van der Waals surface area contributed by atoms with E-state index in [0.29, 0.717) is 29.4 Å². The summed E-state index contributed by atoms with van der Waals surface area (Å²) >= 11 is 7.77. The molecule has 1 aromatic heterocycles. The highest BCUT2D eigenvalue weighted by Gasteiger charge is 2.14. The molecule has 0 radical (unpaired) electrons. The van der Waals surface area contributed by atoms with Gasteiger partial charge in [0.15, 0.2) is 11.0 Å². The van der Waals surface area contributed by atoms with E-state index in [1.54, 1.807) is 49.2 Å². The Bertz CT molecular complexity index is 989. The normalized spacial score (nSPS) is 10.6. The van der Waals surface area contributed by atoms with Crippen molar-refractivity contribution in [1.29, 1.82) is 0 Å². The number of nitrogens with one attached hydrogen (secondary N) is 1. The summed E-state index contributed by atoms with van der Waals surface area (Å²) in [5.74, 6) is 1.85. The maximum absolute atomic E-state index is 12.4. The Morgan fingerprint density at radius 1 is 1.24 bits per heavy atom. The third-order valence-electron chi connectivity index (χ3n) is 4.18. The van der Waals surface area contributed by atoms with Crippen LogP contribution < -0.4 is 10.1 Å². The molecule has 150 valence electrons. The lowest BCUT2D eigenvalue weighted by Gasteiger charge is -2.09. The molecule has 0 unspecified atom stereocenters. The van der Waals surface area contributed by atoms with Crippen molar-refractivity contribution in [3.63, 3.8) is 0 Å². The number of carbonyl (C=O) groups is 1. The van der Waals surface area contributed by atoms with E-state index in [1.165, 1.54) is 0 Å². The zero-order valence-corrected chi connectivity index (χ0v) is 17.5. The number of methoxy groups -OCH3 is 1. The predicted octanol–water partition coefficient (Wildman–Crippen LogP) is 4.35. The lowest BCUT2D eigenvalue weighted by Crippen LogP contribution is -2.24. The van der Waals surface area contributed by atoms with Gasteiger partial charge >= 0.3 is 0 Å². The lowest BCUT2D eigenvalue weighted by molar-refractivity contribution is 0.0949. The second kappa shape index (κ2) is 10.1. The second-order valence-corrected chi connectivity index (χ2v) is 7.44. The van der Waals surface area contributed by atoms with Gasteiger partial charge in [0, 0.05) is 22.9 Å². The van der Waals surface area contributed by atoms with Crippen LogP contribution in [0.1, 0.15) is 21.7 Å². The predicted molar refractivity (Wildman–Crippen MR) is 115 cm³/mol. The van der Waals surface area contributed by atoms with Crippen molar-refractivity contribution in [2.24, 2.45) is 0 Å². The van der Waals surface area contributed by atoms with Crippen LogP contribution in [0.25, 0.3) is 0 Å². The molecule has 1 heterocycles. The van der Waals surface area contributed by atoms with Crippen LogP contribution in [-0.4, -0.2) is 27.8 Å².